The zero-order valence-corrected chi connectivity index (χ0v) is 11.5. The van der Waals surface area contributed by atoms with Gasteiger partial charge in [0.25, 0.3) is 0 Å². The van der Waals surface area contributed by atoms with Gasteiger partial charge in [0.05, 0.1) is 6.61 Å². The van der Waals surface area contributed by atoms with Crippen LogP contribution in [0, 0.1) is 0 Å². The lowest BCUT2D eigenvalue weighted by atomic mass is 10.1. The summed E-state index contributed by atoms with van der Waals surface area (Å²) in [6.07, 6.45) is 0.994. The molecule has 3 nitrogen and oxygen atoms in total. The van der Waals surface area contributed by atoms with Gasteiger partial charge in [0.2, 0.25) is 0 Å². The molecule has 0 bridgehead atoms. The molecule has 96 valence electrons. The summed E-state index contributed by atoms with van der Waals surface area (Å²) in [6, 6.07) is 5.51. The van der Waals surface area contributed by atoms with Gasteiger partial charge in [-0.25, -0.2) is 0 Å². The van der Waals surface area contributed by atoms with E-state index in [1.807, 2.05) is 25.1 Å². The standard InChI is InChI=1S/C13H21ClN2O/c1-10(15)12-9-11(14)5-6-13(12)17-8-4-7-16(2)3/h5-6,9-10H,4,7-8,15H2,1-3H3/t10-/m1/s1. The summed E-state index contributed by atoms with van der Waals surface area (Å²) in [5, 5.41) is 0.693. The predicted molar refractivity (Wildman–Crippen MR) is 72.7 cm³/mol. The first-order valence-corrected chi connectivity index (χ1v) is 6.21. The highest BCUT2D eigenvalue weighted by Gasteiger charge is 2.08. The van der Waals surface area contributed by atoms with Gasteiger partial charge in [-0.2, -0.15) is 0 Å². The number of rotatable bonds is 6. The Labute approximate surface area is 109 Å². The second-order valence-electron chi connectivity index (χ2n) is 4.48. The normalized spacial score (nSPS) is 12.8. The Morgan fingerprint density at radius 3 is 2.71 bits per heavy atom. The molecule has 0 saturated heterocycles. The molecule has 0 aliphatic rings. The fourth-order valence-corrected chi connectivity index (χ4v) is 1.75. The van der Waals surface area contributed by atoms with Crippen molar-refractivity contribution in [2.45, 2.75) is 19.4 Å². The fraction of sp³-hybridized carbons (Fsp3) is 0.538. The molecule has 2 N–H and O–H groups in total. The van der Waals surface area contributed by atoms with Crippen molar-refractivity contribution < 1.29 is 4.74 Å². The Kier molecular flexibility index (Phi) is 5.75. The van der Waals surface area contributed by atoms with E-state index >= 15 is 0 Å². The van der Waals surface area contributed by atoms with Gasteiger partial charge in [0, 0.05) is 23.2 Å². The number of hydrogen-bond acceptors (Lipinski definition) is 3. The van der Waals surface area contributed by atoms with E-state index in [2.05, 4.69) is 19.0 Å². The van der Waals surface area contributed by atoms with Crippen LogP contribution in [-0.2, 0) is 0 Å². The van der Waals surface area contributed by atoms with Crippen LogP contribution in [0.15, 0.2) is 18.2 Å². The molecule has 0 aliphatic carbocycles. The van der Waals surface area contributed by atoms with Gasteiger partial charge in [-0.15, -0.1) is 0 Å². The third kappa shape index (κ3) is 4.94. The summed E-state index contributed by atoms with van der Waals surface area (Å²) in [4.78, 5) is 2.14. The second-order valence-corrected chi connectivity index (χ2v) is 4.91. The molecule has 4 heteroatoms. The fourth-order valence-electron chi connectivity index (χ4n) is 1.57. The number of ether oxygens (including phenoxy) is 1. The largest absolute Gasteiger partial charge is 0.493 e. The molecule has 0 saturated carbocycles. The number of benzene rings is 1. The molecule has 0 aromatic heterocycles. The summed E-state index contributed by atoms with van der Waals surface area (Å²) in [5.74, 6) is 0.836. The molecule has 1 aromatic carbocycles. The van der Waals surface area contributed by atoms with Crippen LogP contribution in [0.25, 0.3) is 0 Å². The summed E-state index contributed by atoms with van der Waals surface area (Å²) in [6.45, 7) is 3.64. The minimum absolute atomic E-state index is 0.0717. The smallest absolute Gasteiger partial charge is 0.124 e. The maximum absolute atomic E-state index is 5.95. The Hall–Kier alpha value is -0.770. The summed E-state index contributed by atoms with van der Waals surface area (Å²) < 4.78 is 5.74. The van der Waals surface area contributed by atoms with E-state index in [-0.39, 0.29) is 6.04 Å². The molecule has 0 amide bonds. The van der Waals surface area contributed by atoms with Crippen LogP contribution in [0.5, 0.6) is 5.75 Å². The lowest BCUT2D eigenvalue weighted by Crippen LogP contribution is -2.16. The second kappa shape index (κ2) is 6.84. The number of nitrogens with two attached hydrogens (primary N) is 1. The van der Waals surface area contributed by atoms with E-state index in [0.717, 1.165) is 24.3 Å². The van der Waals surface area contributed by atoms with Gasteiger partial charge in [0.1, 0.15) is 5.75 Å². The first-order valence-electron chi connectivity index (χ1n) is 5.83. The van der Waals surface area contributed by atoms with Crippen molar-refractivity contribution in [3.05, 3.63) is 28.8 Å². The molecule has 1 atom stereocenters. The Morgan fingerprint density at radius 1 is 1.41 bits per heavy atom. The van der Waals surface area contributed by atoms with E-state index in [4.69, 9.17) is 22.1 Å². The Morgan fingerprint density at radius 2 is 2.12 bits per heavy atom. The molecule has 1 aromatic rings. The molecular weight excluding hydrogens is 236 g/mol. The third-order valence-electron chi connectivity index (χ3n) is 2.47. The van der Waals surface area contributed by atoms with Crippen molar-refractivity contribution in [1.82, 2.24) is 4.90 Å². The number of halogens is 1. The van der Waals surface area contributed by atoms with Crippen LogP contribution < -0.4 is 10.5 Å². The van der Waals surface area contributed by atoms with E-state index in [1.165, 1.54) is 0 Å². The zero-order valence-electron chi connectivity index (χ0n) is 10.7. The molecule has 17 heavy (non-hydrogen) atoms. The van der Waals surface area contributed by atoms with Gasteiger partial charge in [-0.1, -0.05) is 11.6 Å². The lowest BCUT2D eigenvalue weighted by Gasteiger charge is -2.15. The average molecular weight is 257 g/mol. The van der Waals surface area contributed by atoms with Crippen LogP contribution >= 0.6 is 11.6 Å². The van der Waals surface area contributed by atoms with Crippen molar-refractivity contribution in [2.24, 2.45) is 5.73 Å². The topological polar surface area (TPSA) is 38.5 Å². The molecular formula is C13H21ClN2O. The van der Waals surface area contributed by atoms with E-state index < -0.39 is 0 Å². The molecule has 0 heterocycles. The highest BCUT2D eigenvalue weighted by Crippen LogP contribution is 2.27. The zero-order chi connectivity index (χ0) is 12.8. The predicted octanol–water partition coefficient (Wildman–Crippen LogP) is 2.69. The lowest BCUT2D eigenvalue weighted by molar-refractivity contribution is 0.278. The SMILES string of the molecule is C[C@@H](N)c1cc(Cl)ccc1OCCCN(C)C. The van der Waals surface area contributed by atoms with Crippen LogP contribution in [0.4, 0.5) is 0 Å². The number of nitrogens with zero attached hydrogens (tertiary/aromatic N) is 1. The number of hydrogen-bond donors (Lipinski definition) is 1. The van der Waals surface area contributed by atoms with Crippen molar-refractivity contribution in [1.29, 1.82) is 0 Å². The van der Waals surface area contributed by atoms with Gasteiger partial charge < -0.3 is 15.4 Å². The maximum Gasteiger partial charge on any atom is 0.124 e. The quantitative estimate of drug-likeness (QED) is 0.796. The van der Waals surface area contributed by atoms with E-state index in [1.54, 1.807) is 0 Å². The molecule has 0 radical (unpaired) electrons. The van der Waals surface area contributed by atoms with E-state index in [9.17, 15) is 0 Å². The third-order valence-corrected chi connectivity index (χ3v) is 2.70. The molecule has 0 fully saturated rings. The van der Waals surface area contributed by atoms with Crippen molar-refractivity contribution in [2.75, 3.05) is 27.2 Å². The maximum atomic E-state index is 5.95. The van der Waals surface area contributed by atoms with Gasteiger partial charge in [-0.3, -0.25) is 0 Å². The highest BCUT2D eigenvalue weighted by molar-refractivity contribution is 6.30. The minimum atomic E-state index is -0.0717. The first-order chi connectivity index (χ1) is 8.00. The van der Waals surface area contributed by atoms with E-state index in [0.29, 0.717) is 11.6 Å². The first kappa shape index (κ1) is 14.3. The van der Waals surface area contributed by atoms with Crippen LogP contribution in [-0.4, -0.2) is 32.1 Å². The van der Waals surface area contributed by atoms with Crippen LogP contribution in [0.3, 0.4) is 0 Å². The molecule has 0 aliphatic heterocycles. The summed E-state index contributed by atoms with van der Waals surface area (Å²) >= 11 is 5.95. The molecule has 1 rings (SSSR count). The molecule has 0 spiro atoms. The highest BCUT2D eigenvalue weighted by atomic mass is 35.5. The Balaban J connectivity index is 2.58. The van der Waals surface area contributed by atoms with Gasteiger partial charge in [0.15, 0.2) is 0 Å². The monoisotopic (exact) mass is 256 g/mol. The van der Waals surface area contributed by atoms with Crippen molar-refractivity contribution in [3.63, 3.8) is 0 Å². The van der Waals surface area contributed by atoms with Crippen molar-refractivity contribution >= 4 is 11.6 Å². The summed E-state index contributed by atoms with van der Waals surface area (Å²) in [7, 11) is 4.10. The minimum Gasteiger partial charge on any atom is -0.493 e. The van der Waals surface area contributed by atoms with Crippen molar-refractivity contribution in [3.8, 4) is 5.75 Å². The van der Waals surface area contributed by atoms with Crippen LogP contribution in [0.1, 0.15) is 24.9 Å². The van der Waals surface area contributed by atoms with Gasteiger partial charge in [-0.05, 0) is 45.6 Å². The van der Waals surface area contributed by atoms with Gasteiger partial charge >= 0.3 is 0 Å². The Bertz CT molecular complexity index is 353. The average Bonchev–Trinajstić information content (AvgIpc) is 2.25. The van der Waals surface area contributed by atoms with Crippen LogP contribution in [0.2, 0.25) is 5.02 Å². The molecule has 0 unspecified atom stereocenters. The summed E-state index contributed by atoms with van der Waals surface area (Å²) in [5.41, 5.74) is 6.85.